The summed E-state index contributed by atoms with van der Waals surface area (Å²) in [5.41, 5.74) is 3.79. The van der Waals surface area contributed by atoms with E-state index in [0.29, 0.717) is 25.1 Å². The molecule has 172 valence electrons. The van der Waals surface area contributed by atoms with Gasteiger partial charge in [0.2, 0.25) is 0 Å². The smallest absolute Gasteiger partial charge is 0.132 e. The molecule has 5 heteroatoms. The van der Waals surface area contributed by atoms with Gasteiger partial charge >= 0.3 is 0 Å². The van der Waals surface area contributed by atoms with Gasteiger partial charge in [-0.1, -0.05) is 25.1 Å². The number of hydrogen-bond donors (Lipinski definition) is 2. The van der Waals surface area contributed by atoms with Crippen molar-refractivity contribution in [3.63, 3.8) is 0 Å². The Labute approximate surface area is 195 Å². The molecule has 2 aliphatic carbocycles. The standard InChI is InChI=1S/C28H32N2O3/c1-3-27-17-26(31)28(32,25-8-4-5-13-30-25)16-22(27)10-9-20-15-23(11-12-24(20)27)33-18-21-7-6-14-29-19(21)2/h4-8,11-15,22,26,31-32H,3,9-10,16-18H2,1-2H3/t22-,26+,27-,28-/m1/s1. The van der Waals surface area contributed by atoms with E-state index < -0.39 is 11.7 Å². The number of rotatable bonds is 5. The summed E-state index contributed by atoms with van der Waals surface area (Å²) < 4.78 is 6.12. The highest BCUT2D eigenvalue weighted by Crippen LogP contribution is 2.56. The summed E-state index contributed by atoms with van der Waals surface area (Å²) in [6.45, 7) is 4.70. The average Bonchev–Trinajstić information content (AvgIpc) is 2.84. The van der Waals surface area contributed by atoms with Crippen LogP contribution in [-0.4, -0.2) is 26.3 Å². The number of benzene rings is 1. The predicted octanol–water partition coefficient (Wildman–Crippen LogP) is 4.62. The van der Waals surface area contributed by atoms with Gasteiger partial charge in [-0.3, -0.25) is 9.97 Å². The first-order chi connectivity index (χ1) is 16.0. The van der Waals surface area contributed by atoms with Crippen LogP contribution >= 0.6 is 0 Å². The zero-order valence-corrected chi connectivity index (χ0v) is 19.4. The highest BCUT2D eigenvalue weighted by molar-refractivity contribution is 5.44. The number of aliphatic hydroxyl groups is 2. The molecular formula is C28H32N2O3. The Morgan fingerprint density at radius 1 is 1.06 bits per heavy atom. The van der Waals surface area contributed by atoms with E-state index in [9.17, 15) is 10.2 Å². The molecule has 33 heavy (non-hydrogen) atoms. The summed E-state index contributed by atoms with van der Waals surface area (Å²) in [6.07, 6.45) is 6.53. The predicted molar refractivity (Wildman–Crippen MR) is 127 cm³/mol. The molecule has 3 aromatic rings. The van der Waals surface area contributed by atoms with Crippen LogP contribution in [0.5, 0.6) is 5.75 Å². The lowest BCUT2D eigenvalue weighted by atomic mass is 9.52. The molecule has 2 aromatic heterocycles. The molecular weight excluding hydrogens is 412 g/mol. The quantitative estimate of drug-likeness (QED) is 0.601. The molecule has 0 saturated heterocycles. The zero-order valence-electron chi connectivity index (χ0n) is 19.4. The highest BCUT2D eigenvalue weighted by Gasteiger charge is 2.56. The van der Waals surface area contributed by atoms with Crippen molar-refractivity contribution < 1.29 is 14.9 Å². The second-order valence-electron chi connectivity index (χ2n) is 9.66. The molecule has 1 aromatic carbocycles. The Morgan fingerprint density at radius 2 is 1.91 bits per heavy atom. The van der Waals surface area contributed by atoms with Crippen molar-refractivity contribution in [2.75, 3.05) is 0 Å². The van der Waals surface area contributed by atoms with Crippen molar-refractivity contribution in [3.05, 3.63) is 89.0 Å². The number of ether oxygens (including phenoxy) is 1. The maximum atomic E-state index is 11.5. The van der Waals surface area contributed by atoms with Gasteiger partial charge in [-0.15, -0.1) is 0 Å². The first-order valence-corrected chi connectivity index (χ1v) is 11.9. The van der Waals surface area contributed by atoms with E-state index in [2.05, 4.69) is 35.1 Å². The summed E-state index contributed by atoms with van der Waals surface area (Å²) in [7, 11) is 0. The van der Waals surface area contributed by atoms with Gasteiger partial charge in [0.1, 0.15) is 18.0 Å². The minimum atomic E-state index is -1.30. The van der Waals surface area contributed by atoms with E-state index in [1.807, 2.05) is 37.3 Å². The second-order valence-corrected chi connectivity index (χ2v) is 9.66. The van der Waals surface area contributed by atoms with Crippen molar-refractivity contribution in [1.82, 2.24) is 9.97 Å². The average molecular weight is 445 g/mol. The molecule has 4 atom stereocenters. The monoisotopic (exact) mass is 444 g/mol. The lowest BCUT2D eigenvalue weighted by Gasteiger charge is -2.54. The van der Waals surface area contributed by atoms with E-state index in [-0.39, 0.29) is 11.3 Å². The molecule has 5 nitrogen and oxygen atoms in total. The number of nitrogens with zero attached hydrogens (tertiary/aromatic N) is 2. The molecule has 0 amide bonds. The SMILES string of the molecule is CC[C@@]12C[C@H](O)[C@](O)(c3ccccn3)C[C@H]1CCc1cc(OCc3cccnc3C)ccc12. The maximum Gasteiger partial charge on any atom is 0.132 e. The molecule has 5 rings (SSSR count). The minimum absolute atomic E-state index is 0.146. The third kappa shape index (κ3) is 3.73. The van der Waals surface area contributed by atoms with Gasteiger partial charge in [0.15, 0.2) is 0 Å². The molecule has 0 spiro atoms. The van der Waals surface area contributed by atoms with E-state index in [4.69, 9.17) is 4.74 Å². The fraction of sp³-hybridized carbons (Fsp3) is 0.429. The fourth-order valence-corrected chi connectivity index (χ4v) is 6.13. The van der Waals surface area contributed by atoms with Crippen LogP contribution in [0.4, 0.5) is 0 Å². The van der Waals surface area contributed by atoms with E-state index in [1.54, 1.807) is 12.4 Å². The summed E-state index contributed by atoms with van der Waals surface area (Å²) in [6, 6.07) is 15.9. The Bertz CT molecular complexity index is 1130. The fourth-order valence-electron chi connectivity index (χ4n) is 6.13. The first-order valence-electron chi connectivity index (χ1n) is 11.9. The Balaban J connectivity index is 1.42. The van der Waals surface area contributed by atoms with Gasteiger partial charge in [-0.25, -0.2) is 0 Å². The van der Waals surface area contributed by atoms with Crippen LogP contribution in [0.15, 0.2) is 60.9 Å². The van der Waals surface area contributed by atoms with Gasteiger partial charge < -0.3 is 14.9 Å². The van der Waals surface area contributed by atoms with Gasteiger partial charge in [0.25, 0.3) is 0 Å². The molecule has 2 N–H and O–H groups in total. The van der Waals surface area contributed by atoms with Crippen LogP contribution in [-0.2, 0) is 24.0 Å². The molecule has 0 unspecified atom stereocenters. The Kier molecular flexibility index (Phi) is 5.71. The number of aromatic nitrogens is 2. The van der Waals surface area contributed by atoms with Crippen LogP contribution in [0.1, 0.15) is 60.7 Å². The number of pyridine rings is 2. The second kappa shape index (κ2) is 8.54. The van der Waals surface area contributed by atoms with Crippen LogP contribution in [0.2, 0.25) is 0 Å². The molecule has 2 heterocycles. The van der Waals surface area contributed by atoms with Crippen LogP contribution in [0, 0.1) is 12.8 Å². The number of aliphatic hydroxyl groups excluding tert-OH is 1. The van der Waals surface area contributed by atoms with Gasteiger partial charge in [-0.05, 0) is 86.4 Å². The summed E-state index contributed by atoms with van der Waals surface area (Å²) in [5.74, 6) is 1.15. The van der Waals surface area contributed by atoms with E-state index in [0.717, 1.165) is 36.3 Å². The molecule has 0 bridgehead atoms. The van der Waals surface area contributed by atoms with Crippen LogP contribution < -0.4 is 4.74 Å². The maximum absolute atomic E-state index is 11.5. The highest BCUT2D eigenvalue weighted by atomic mass is 16.5. The number of aryl methyl sites for hydroxylation is 2. The molecule has 1 saturated carbocycles. The van der Waals surface area contributed by atoms with Crippen molar-refractivity contribution in [1.29, 1.82) is 0 Å². The van der Waals surface area contributed by atoms with Crippen molar-refractivity contribution in [3.8, 4) is 5.75 Å². The summed E-state index contributed by atoms with van der Waals surface area (Å²) in [4.78, 5) is 8.73. The summed E-state index contributed by atoms with van der Waals surface area (Å²) >= 11 is 0. The number of hydrogen-bond acceptors (Lipinski definition) is 5. The third-order valence-electron chi connectivity index (χ3n) is 8.07. The van der Waals surface area contributed by atoms with Crippen molar-refractivity contribution in [2.45, 2.75) is 69.7 Å². The van der Waals surface area contributed by atoms with Crippen molar-refractivity contribution >= 4 is 0 Å². The lowest BCUT2D eigenvalue weighted by molar-refractivity contribution is -0.148. The molecule has 1 fully saturated rings. The zero-order chi connectivity index (χ0) is 23.1. The van der Waals surface area contributed by atoms with Crippen LogP contribution in [0.25, 0.3) is 0 Å². The van der Waals surface area contributed by atoms with Crippen molar-refractivity contribution in [2.24, 2.45) is 5.92 Å². The van der Waals surface area contributed by atoms with Gasteiger partial charge in [0, 0.05) is 29.1 Å². The number of fused-ring (bicyclic) bond motifs is 3. The third-order valence-corrected chi connectivity index (χ3v) is 8.07. The van der Waals surface area contributed by atoms with E-state index >= 15 is 0 Å². The normalized spacial score (nSPS) is 28.6. The Morgan fingerprint density at radius 3 is 2.67 bits per heavy atom. The largest absolute Gasteiger partial charge is 0.489 e. The lowest BCUT2D eigenvalue weighted by Crippen LogP contribution is -2.56. The first kappa shape index (κ1) is 22.1. The minimum Gasteiger partial charge on any atom is -0.489 e. The van der Waals surface area contributed by atoms with E-state index in [1.165, 1.54) is 11.1 Å². The molecule has 0 aliphatic heterocycles. The summed E-state index contributed by atoms with van der Waals surface area (Å²) in [5, 5.41) is 22.7. The molecule has 0 radical (unpaired) electrons. The molecule has 2 aliphatic rings. The Hall–Kier alpha value is -2.76. The van der Waals surface area contributed by atoms with Crippen LogP contribution in [0.3, 0.4) is 0 Å². The van der Waals surface area contributed by atoms with Gasteiger partial charge in [-0.2, -0.15) is 0 Å². The van der Waals surface area contributed by atoms with Gasteiger partial charge in [0.05, 0.1) is 11.8 Å². The topological polar surface area (TPSA) is 75.5 Å².